The van der Waals surface area contributed by atoms with Crippen molar-refractivity contribution in [2.75, 3.05) is 0 Å². The summed E-state index contributed by atoms with van der Waals surface area (Å²) in [7, 11) is 0. The van der Waals surface area contributed by atoms with Gasteiger partial charge in [0, 0.05) is 6.42 Å². The van der Waals surface area contributed by atoms with Crippen LogP contribution in [0.2, 0.25) is 0 Å². The van der Waals surface area contributed by atoms with E-state index in [1.807, 2.05) is 24.3 Å². The summed E-state index contributed by atoms with van der Waals surface area (Å²) >= 11 is 0. The van der Waals surface area contributed by atoms with Crippen molar-refractivity contribution < 1.29 is 23.0 Å². The Bertz CT molecular complexity index is 610. The molecule has 110 valence electrons. The zero-order valence-electron chi connectivity index (χ0n) is 11.0. The molecule has 0 radical (unpaired) electrons. The molecule has 2 nitrogen and oxygen atoms in total. The molecule has 1 aliphatic rings. The molecule has 5 heteroatoms. The summed E-state index contributed by atoms with van der Waals surface area (Å²) < 4.78 is 43.2. The molecule has 0 saturated heterocycles. The minimum absolute atomic E-state index is 0.417. The third-order valence-corrected chi connectivity index (χ3v) is 3.60. The van der Waals surface area contributed by atoms with Crippen molar-refractivity contribution >= 4 is 0 Å². The molecule has 2 aromatic rings. The van der Waals surface area contributed by atoms with Gasteiger partial charge in [-0.2, -0.15) is 13.2 Å². The molecular formula is C16H13F3O2. The molecule has 2 atom stereocenters. The van der Waals surface area contributed by atoms with Crippen molar-refractivity contribution in [2.45, 2.75) is 24.8 Å². The first kappa shape index (κ1) is 13.9. The number of aliphatic hydroxyl groups is 1. The summed E-state index contributed by atoms with van der Waals surface area (Å²) in [6.07, 6.45) is -5.26. The number of hydrogen-bond acceptors (Lipinski definition) is 2. The summed E-state index contributed by atoms with van der Waals surface area (Å²) in [6.45, 7) is 0. The Kier molecular flexibility index (Phi) is 3.37. The molecule has 0 amide bonds. The Hall–Kier alpha value is -2.01. The molecule has 0 bridgehead atoms. The van der Waals surface area contributed by atoms with E-state index in [0.717, 1.165) is 17.7 Å². The van der Waals surface area contributed by atoms with Gasteiger partial charge in [0.15, 0.2) is 0 Å². The fraction of sp³-hybridized carbons (Fsp3) is 0.250. The molecule has 1 heterocycles. The van der Waals surface area contributed by atoms with Gasteiger partial charge in [0.2, 0.25) is 0 Å². The normalized spacial score (nSPS) is 19.0. The van der Waals surface area contributed by atoms with Crippen LogP contribution in [0.3, 0.4) is 0 Å². The van der Waals surface area contributed by atoms with Crippen LogP contribution < -0.4 is 4.74 Å². The molecule has 1 aliphatic heterocycles. The number of ether oxygens (including phenoxy) is 1. The minimum Gasteiger partial charge on any atom is -0.487 e. The van der Waals surface area contributed by atoms with Crippen LogP contribution >= 0.6 is 0 Å². The number of fused-ring (bicyclic) bond motifs is 1. The van der Waals surface area contributed by atoms with Crippen LogP contribution in [-0.4, -0.2) is 11.2 Å². The maximum absolute atomic E-state index is 12.5. The smallest absolute Gasteiger partial charge is 0.416 e. The van der Waals surface area contributed by atoms with Crippen LogP contribution in [0.1, 0.15) is 22.8 Å². The number of halogens is 3. The van der Waals surface area contributed by atoms with Crippen LogP contribution in [0, 0.1) is 0 Å². The lowest BCUT2D eigenvalue weighted by molar-refractivity contribution is -0.137. The molecule has 0 spiro atoms. The Labute approximate surface area is 119 Å². The van der Waals surface area contributed by atoms with Crippen molar-refractivity contribution in [1.29, 1.82) is 0 Å². The number of aliphatic hydroxyl groups excluding tert-OH is 1. The van der Waals surface area contributed by atoms with E-state index in [1.165, 1.54) is 12.1 Å². The van der Waals surface area contributed by atoms with E-state index in [0.29, 0.717) is 17.7 Å². The van der Waals surface area contributed by atoms with E-state index in [2.05, 4.69) is 0 Å². The van der Waals surface area contributed by atoms with E-state index < -0.39 is 23.9 Å². The van der Waals surface area contributed by atoms with Crippen LogP contribution in [-0.2, 0) is 12.6 Å². The summed E-state index contributed by atoms with van der Waals surface area (Å²) in [5, 5.41) is 10.3. The lowest BCUT2D eigenvalue weighted by Gasteiger charge is -2.19. The largest absolute Gasteiger partial charge is 0.487 e. The Morgan fingerprint density at radius 1 is 1.05 bits per heavy atom. The number of para-hydroxylation sites is 1. The van der Waals surface area contributed by atoms with Crippen molar-refractivity contribution in [2.24, 2.45) is 0 Å². The summed E-state index contributed by atoms with van der Waals surface area (Å²) in [5.41, 5.74) is 0.684. The van der Waals surface area contributed by atoms with Gasteiger partial charge >= 0.3 is 6.18 Å². The summed E-state index contributed by atoms with van der Waals surface area (Å²) in [6, 6.07) is 12.0. The van der Waals surface area contributed by atoms with Crippen molar-refractivity contribution in [3.05, 3.63) is 65.2 Å². The molecule has 3 rings (SSSR count). The van der Waals surface area contributed by atoms with Gasteiger partial charge in [-0.25, -0.2) is 0 Å². The SMILES string of the molecule is OC(c1ccc(C(F)(F)F)cc1)C1Cc2ccccc2O1. The molecule has 0 fully saturated rings. The van der Waals surface area contributed by atoms with E-state index >= 15 is 0 Å². The first-order chi connectivity index (χ1) is 9.95. The highest BCUT2D eigenvalue weighted by Crippen LogP contribution is 2.35. The maximum Gasteiger partial charge on any atom is 0.416 e. The van der Waals surface area contributed by atoms with Crippen LogP contribution in [0.5, 0.6) is 5.75 Å². The van der Waals surface area contributed by atoms with E-state index in [1.54, 1.807) is 0 Å². The standard InChI is InChI=1S/C16H13F3O2/c17-16(18,19)12-7-5-10(6-8-12)15(20)14-9-11-3-1-2-4-13(11)21-14/h1-8,14-15,20H,9H2. The first-order valence-electron chi connectivity index (χ1n) is 6.55. The van der Waals surface area contributed by atoms with Crippen molar-refractivity contribution in [1.82, 2.24) is 0 Å². The molecule has 0 saturated carbocycles. The fourth-order valence-electron chi connectivity index (χ4n) is 2.47. The summed E-state index contributed by atoms with van der Waals surface area (Å²) in [4.78, 5) is 0. The number of rotatable bonds is 2. The molecule has 0 aliphatic carbocycles. The molecule has 2 aromatic carbocycles. The fourth-order valence-corrected chi connectivity index (χ4v) is 2.47. The lowest BCUT2D eigenvalue weighted by atomic mass is 9.99. The lowest BCUT2D eigenvalue weighted by Crippen LogP contribution is -2.23. The van der Waals surface area contributed by atoms with Crippen LogP contribution in [0.4, 0.5) is 13.2 Å². The van der Waals surface area contributed by atoms with Gasteiger partial charge in [-0.05, 0) is 29.3 Å². The zero-order chi connectivity index (χ0) is 15.0. The molecule has 0 aromatic heterocycles. The van der Waals surface area contributed by atoms with Crippen LogP contribution in [0.25, 0.3) is 0 Å². The molecule has 21 heavy (non-hydrogen) atoms. The summed E-state index contributed by atoms with van der Waals surface area (Å²) in [5.74, 6) is 0.716. The maximum atomic E-state index is 12.5. The second-order valence-electron chi connectivity index (χ2n) is 5.03. The van der Waals surface area contributed by atoms with Gasteiger partial charge in [-0.3, -0.25) is 0 Å². The third kappa shape index (κ3) is 2.74. The van der Waals surface area contributed by atoms with Crippen molar-refractivity contribution in [3.8, 4) is 5.75 Å². The highest BCUT2D eigenvalue weighted by molar-refractivity contribution is 5.38. The Morgan fingerprint density at radius 3 is 2.33 bits per heavy atom. The number of benzene rings is 2. The highest BCUT2D eigenvalue weighted by Gasteiger charge is 2.32. The van der Waals surface area contributed by atoms with Gasteiger partial charge < -0.3 is 9.84 Å². The topological polar surface area (TPSA) is 29.5 Å². The van der Waals surface area contributed by atoms with Gasteiger partial charge in [0.25, 0.3) is 0 Å². The average molecular weight is 294 g/mol. The highest BCUT2D eigenvalue weighted by atomic mass is 19.4. The predicted molar refractivity (Wildman–Crippen MR) is 71.0 cm³/mol. The quantitative estimate of drug-likeness (QED) is 0.914. The van der Waals surface area contributed by atoms with Crippen molar-refractivity contribution in [3.63, 3.8) is 0 Å². The van der Waals surface area contributed by atoms with E-state index in [-0.39, 0.29) is 0 Å². The first-order valence-corrected chi connectivity index (χ1v) is 6.55. The zero-order valence-corrected chi connectivity index (χ0v) is 11.0. The third-order valence-electron chi connectivity index (χ3n) is 3.60. The minimum atomic E-state index is -4.37. The van der Waals surface area contributed by atoms with Gasteiger partial charge in [0.1, 0.15) is 18.0 Å². The van der Waals surface area contributed by atoms with Gasteiger partial charge in [0.05, 0.1) is 5.56 Å². The molecule has 2 unspecified atom stereocenters. The molecular weight excluding hydrogens is 281 g/mol. The van der Waals surface area contributed by atoms with Gasteiger partial charge in [-0.15, -0.1) is 0 Å². The number of alkyl halides is 3. The Morgan fingerprint density at radius 2 is 1.71 bits per heavy atom. The van der Waals surface area contributed by atoms with Gasteiger partial charge in [-0.1, -0.05) is 30.3 Å². The van der Waals surface area contributed by atoms with Crippen LogP contribution in [0.15, 0.2) is 48.5 Å². The predicted octanol–water partition coefficient (Wildman–Crippen LogP) is 3.74. The van der Waals surface area contributed by atoms with E-state index in [9.17, 15) is 18.3 Å². The Balaban J connectivity index is 1.76. The average Bonchev–Trinajstić information content (AvgIpc) is 2.89. The second kappa shape index (κ2) is 5.07. The number of hydrogen-bond donors (Lipinski definition) is 1. The second-order valence-corrected chi connectivity index (χ2v) is 5.03. The van der Waals surface area contributed by atoms with E-state index in [4.69, 9.17) is 4.74 Å². The molecule has 1 N–H and O–H groups in total. The monoisotopic (exact) mass is 294 g/mol.